The van der Waals surface area contributed by atoms with Crippen LogP contribution in [0.4, 0.5) is 0 Å². The fourth-order valence-corrected chi connectivity index (χ4v) is 4.71. The third-order valence-corrected chi connectivity index (χ3v) is 6.93. The van der Waals surface area contributed by atoms with Gasteiger partial charge >= 0.3 is 5.97 Å². The van der Waals surface area contributed by atoms with E-state index in [0.29, 0.717) is 12.8 Å². The molecule has 0 aliphatic heterocycles. The Bertz CT molecular complexity index is 828. The van der Waals surface area contributed by atoms with Gasteiger partial charge in [-0.05, 0) is 52.9 Å². The monoisotopic (exact) mass is 507 g/mol. The van der Waals surface area contributed by atoms with Crippen molar-refractivity contribution in [2.75, 3.05) is 5.75 Å². The standard InChI is InChI=1S/C22H41N3O8S/c1-7-14(4)24-19(27)13(3)9-17(21(29)30)11-16(10-15(8-2)18(23)26)20(28)25-22(5,6)12-34(31,32)33/h13-17H,7-12H2,1-6H3,(H2,23,26)(H,24,27)(H,25,28)(H,29,30)(H,31,32,33). The van der Waals surface area contributed by atoms with E-state index in [4.69, 9.17) is 10.3 Å². The van der Waals surface area contributed by atoms with Crippen molar-refractivity contribution in [3.8, 4) is 0 Å². The maximum absolute atomic E-state index is 13.1. The van der Waals surface area contributed by atoms with Crippen molar-refractivity contribution in [1.29, 1.82) is 0 Å². The van der Waals surface area contributed by atoms with Gasteiger partial charge in [0.25, 0.3) is 10.1 Å². The van der Waals surface area contributed by atoms with Crippen molar-refractivity contribution in [3.63, 3.8) is 0 Å². The molecule has 5 atom stereocenters. The molecule has 198 valence electrons. The second kappa shape index (κ2) is 13.6. The van der Waals surface area contributed by atoms with Crippen LogP contribution in [0.2, 0.25) is 0 Å². The SMILES string of the molecule is CCC(C)NC(=O)C(C)CC(CC(CC(CC)C(N)=O)C(=O)NC(C)(C)CS(=O)(=O)O)C(=O)O. The van der Waals surface area contributed by atoms with Crippen molar-refractivity contribution in [1.82, 2.24) is 10.6 Å². The molecule has 12 heteroatoms. The average Bonchev–Trinajstić information content (AvgIpc) is 2.66. The Hall–Kier alpha value is -2.21. The maximum Gasteiger partial charge on any atom is 0.306 e. The summed E-state index contributed by atoms with van der Waals surface area (Å²) < 4.78 is 31.7. The number of primary amides is 1. The highest BCUT2D eigenvalue weighted by atomic mass is 32.2. The third-order valence-electron chi connectivity index (χ3n) is 5.84. The van der Waals surface area contributed by atoms with Gasteiger partial charge in [0.1, 0.15) is 0 Å². The van der Waals surface area contributed by atoms with E-state index in [9.17, 15) is 32.7 Å². The summed E-state index contributed by atoms with van der Waals surface area (Å²) in [5, 5.41) is 15.1. The molecule has 0 aliphatic carbocycles. The quantitative estimate of drug-likeness (QED) is 0.193. The number of carboxylic acids is 1. The highest BCUT2D eigenvalue weighted by Gasteiger charge is 2.35. The summed E-state index contributed by atoms with van der Waals surface area (Å²) in [5.41, 5.74) is 4.08. The van der Waals surface area contributed by atoms with E-state index in [1.165, 1.54) is 13.8 Å². The van der Waals surface area contributed by atoms with Crippen LogP contribution in [0.3, 0.4) is 0 Å². The largest absolute Gasteiger partial charge is 0.481 e. The van der Waals surface area contributed by atoms with E-state index in [0.717, 1.165) is 0 Å². The molecule has 0 aromatic carbocycles. The number of amides is 3. The first-order valence-corrected chi connectivity index (χ1v) is 13.1. The summed E-state index contributed by atoms with van der Waals surface area (Å²) in [6.07, 6.45) is 0.820. The fourth-order valence-electron chi connectivity index (χ4n) is 3.73. The predicted octanol–water partition coefficient (Wildman–Crippen LogP) is 1.32. The van der Waals surface area contributed by atoms with Crippen molar-refractivity contribution < 1.29 is 37.3 Å². The van der Waals surface area contributed by atoms with Gasteiger partial charge in [-0.25, -0.2) is 0 Å². The molecular formula is C22H41N3O8S. The zero-order chi connectivity index (χ0) is 26.9. The highest BCUT2D eigenvalue weighted by Crippen LogP contribution is 2.28. The normalized spacial score (nSPS) is 16.6. The molecule has 0 fully saturated rings. The summed E-state index contributed by atoms with van der Waals surface area (Å²) in [5.74, 6) is -6.89. The van der Waals surface area contributed by atoms with Gasteiger partial charge in [-0.2, -0.15) is 8.42 Å². The van der Waals surface area contributed by atoms with E-state index < -0.39 is 62.9 Å². The molecule has 34 heavy (non-hydrogen) atoms. The van der Waals surface area contributed by atoms with Crippen LogP contribution in [0, 0.1) is 23.7 Å². The van der Waals surface area contributed by atoms with E-state index in [1.807, 2.05) is 13.8 Å². The van der Waals surface area contributed by atoms with Crippen LogP contribution in [0.5, 0.6) is 0 Å². The first-order chi connectivity index (χ1) is 15.4. The highest BCUT2D eigenvalue weighted by molar-refractivity contribution is 7.85. The van der Waals surface area contributed by atoms with Crippen LogP contribution in [0.15, 0.2) is 0 Å². The van der Waals surface area contributed by atoms with Crippen LogP contribution < -0.4 is 16.4 Å². The van der Waals surface area contributed by atoms with Gasteiger partial charge in [0, 0.05) is 23.8 Å². The maximum atomic E-state index is 13.1. The number of nitrogens with two attached hydrogens (primary N) is 1. The summed E-state index contributed by atoms with van der Waals surface area (Å²) >= 11 is 0. The molecule has 0 aromatic heterocycles. The number of carbonyl (C=O) groups is 4. The molecule has 0 saturated heterocycles. The Labute approximate surface area is 202 Å². The molecular weight excluding hydrogens is 466 g/mol. The average molecular weight is 508 g/mol. The lowest BCUT2D eigenvalue weighted by atomic mass is 9.81. The van der Waals surface area contributed by atoms with Gasteiger partial charge in [0.05, 0.1) is 17.2 Å². The number of aliphatic carboxylic acids is 1. The number of carboxylic acid groups (broad SMARTS) is 1. The minimum Gasteiger partial charge on any atom is -0.481 e. The Balaban J connectivity index is 5.76. The minimum absolute atomic E-state index is 0.0246. The molecule has 0 aromatic rings. The fraction of sp³-hybridized carbons (Fsp3) is 0.818. The number of nitrogens with one attached hydrogen (secondary N) is 2. The van der Waals surface area contributed by atoms with Gasteiger partial charge in [-0.3, -0.25) is 23.7 Å². The summed E-state index contributed by atoms with van der Waals surface area (Å²) in [6, 6.07) is -0.0670. The molecule has 0 spiro atoms. The summed E-state index contributed by atoms with van der Waals surface area (Å²) in [6.45, 7) is 9.86. The van der Waals surface area contributed by atoms with Crippen LogP contribution >= 0.6 is 0 Å². The van der Waals surface area contributed by atoms with Crippen molar-refractivity contribution >= 4 is 33.8 Å². The zero-order valence-electron chi connectivity index (χ0n) is 21.0. The van der Waals surface area contributed by atoms with Gasteiger partial charge in [0.15, 0.2) is 0 Å². The smallest absolute Gasteiger partial charge is 0.306 e. The Morgan fingerprint density at radius 1 is 0.912 bits per heavy atom. The molecule has 0 saturated carbocycles. The van der Waals surface area contributed by atoms with Crippen LogP contribution in [0.25, 0.3) is 0 Å². The van der Waals surface area contributed by atoms with E-state index in [2.05, 4.69) is 10.6 Å². The first-order valence-electron chi connectivity index (χ1n) is 11.5. The van der Waals surface area contributed by atoms with Gasteiger partial charge < -0.3 is 21.5 Å². The molecule has 0 bridgehead atoms. The Kier molecular flexibility index (Phi) is 12.7. The van der Waals surface area contributed by atoms with Crippen LogP contribution in [-0.2, 0) is 29.3 Å². The molecule has 11 nitrogen and oxygen atoms in total. The second-order valence-corrected chi connectivity index (χ2v) is 11.2. The summed E-state index contributed by atoms with van der Waals surface area (Å²) in [7, 11) is -4.40. The molecule has 6 N–H and O–H groups in total. The lowest BCUT2D eigenvalue weighted by Gasteiger charge is -2.30. The zero-order valence-corrected chi connectivity index (χ0v) is 21.8. The lowest BCUT2D eigenvalue weighted by Crippen LogP contribution is -2.51. The third kappa shape index (κ3) is 12.3. The number of rotatable bonds is 16. The van der Waals surface area contributed by atoms with E-state index in [1.54, 1.807) is 13.8 Å². The van der Waals surface area contributed by atoms with Crippen LogP contribution in [-0.4, -0.2) is 59.1 Å². The Morgan fingerprint density at radius 3 is 1.85 bits per heavy atom. The molecule has 5 unspecified atom stereocenters. The summed E-state index contributed by atoms with van der Waals surface area (Å²) in [4.78, 5) is 49.2. The first kappa shape index (κ1) is 31.8. The van der Waals surface area contributed by atoms with Crippen molar-refractivity contribution in [3.05, 3.63) is 0 Å². The van der Waals surface area contributed by atoms with E-state index >= 15 is 0 Å². The van der Waals surface area contributed by atoms with Gasteiger partial charge in [-0.1, -0.05) is 20.8 Å². The van der Waals surface area contributed by atoms with Crippen LogP contribution in [0.1, 0.15) is 73.6 Å². The van der Waals surface area contributed by atoms with Crippen molar-refractivity contribution in [2.24, 2.45) is 29.4 Å². The molecule has 3 amide bonds. The predicted molar refractivity (Wildman–Crippen MR) is 127 cm³/mol. The topological polar surface area (TPSA) is 193 Å². The second-order valence-electron chi connectivity index (χ2n) is 9.77. The molecule has 0 radical (unpaired) electrons. The molecule has 0 aliphatic rings. The van der Waals surface area contributed by atoms with E-state index in [-0.39, 0.29) is 31.2 Å². The molecule has 0 heterocycles. The Morgan fingerprint density at radius 2 is 1.44 bits per heavy atom. The van der Waals surface area contributed by atoms with Gasteiger partial charge in [0.2, 0.25) is 17.7 Å². The van der Waals surface area contributed by atoms with Gasteiger partial charge in [-0.15, -0.1) is 0 Å². The molecule has 0 rings (SSSR count). The number of hydrogen-bond acceptors (Lipinski definition) is 6. The minimum atomic E-state index is -4.40. The lowest BCUT2D eigenvalue weighted by molar-refractivity contribution is -0.143. The van der Waals surface area contributed by atoms with Crippen molar-refractivity contribution in [2.45, 2.75) is 85.2 Å². The number of carbonyl (C=O) groups excluding carboxylic acids is 3. The number of hydrogen-bond donors (Lipinski definition) is 5.